The monoisotopic (exact) mass is 297 g/mol. The molecule has 20 heavy (non-hydrogen) atoms. The van der Waals surface area contributed by atoms with E-state index in [1.165, 1.54) is 9.75 Å². The van der Waals surface area contributed by atoms with Crippen LogP contribution in [0.1, 0.15) is 23.6 Å². The second-order valence-corrected chi connectivity index (χ2v) is 6.95. The molecule has 0 aromatic carbocycles. The molecule has 0 aliphatic rings. The fraction of sp³-hybridized carbons (Fsp3) is 0.625. The molecule has 0 saturated heterocycles. The molecule has 0 spiro atoms. The summed E-state index contributed by atoms with van der Waals surface area (Å²) in [6.45, 7) is 13.5. The van der Waals surface area contributed by atoms with E-state index in [2.05, 4.69) is 44.4 Å². The molecule has 1 rings (SSSR count). The third-order valence-corrected chi connectivity index (χ3v) is 3.80. The summed E-state index contributed by atoms with van der Waals surface area (Å²) in [5, 5.41) is 10.0. The van der Waals surface area contributed by atoms with E-state index in [0.29, 0.717) is 25.7 Å². The molecule has 3 nitrogen and oxygen atoms in total. The molecular formula is C16H27NO2S. The number of aryl methyl sites for hydroxylation is 1. The standard InChI is InChI=1S/C16H27NO2S/c1-5-8-19-12-15(18)10-17(9-13(2)3)11-16-7-6-14(4)20-16/h5-7,13,15,18H,1,8-12H2,2-4H3/t15-/m0/s1. The minimum atomic E-state index is -0.449. The van der Waals surface area contributed by atoms with E-state index in [1.807, 2.05) is 11.3 Å². The van der Waals surface area contributed by atoms with Crippen molar-refractivity contribution in [2.45, 2.75) is 33.4 Å². The molecule has 0 unspecified atom stereocenters. The molecule has 0 aliphatic carbocycles. The summed E-state index contributed by atoms with van der Waals surface area (Å²) in [6.07, 6.45) is 1.25. The van der Waals surface area contributed by atoms with Crippen LogP contribution in [0.3, 0.4) is 0 Å². The largest absolute Gasteiger partial charge is 0.389 e. The lowest BCUT2D eigenvalue weighted by Gasteiger charge is -2.26. The van der Waals surface area contributed by atoms with E-state index < -0.39 is 6.10 Å². The summed E-state index contributed by atoms with van der Waals surface area (Å²) in [5.74, 6) is 0.581. The molecule has 0 amide bonds. The van der Waals surface area contributed by atoms with Crippen molar-refractivity contribution in [1.82, 2.24) is 4.90 Å². The number of aliphatic hydroxyl groups excluding tert-OH is 1. The molecule has 0 fully saturated rings. The Morgan fingerprint density at radius 3 is 2.70 bits per heavy atom. The minimum Gasteiger partial charge on any atom is -0.389 e. The Labute approximate surface area is 126 Å². The van der Waals surface area contributed by atoms with E-state index in [9.17, 15) is 5.11 Å². The van der Waals surface area contributed by atoms with Gasteiger partial charge in [0.05, 0.1) is 19.3 Å². The van der Waals surface area contributed by atoms with Gasteiger partial charge in [-0.15, -0.1) is 17.9 Å². The Morgan fingerprint density at radius 2 is 2.15 bits per heavy atom. The van der Waals surface area contributed by atoms with E-state index in [0.717, 1.165) is 13.1 Å². The summed E-state index contributed by atoms with van der Waals surface area (Å²) in [7, 11) is 0. The second-order valence-electron chi connectivity index (χ2n) is 5.58. The maximum absolute atomic E-state index is 10.0. The maximum Gasteiger partial charge on any atom is 0.0900 e. The van der Waals surface area contributed by atoms with Crippen molar-refractivity contribution in [3.63, 3.8) is 0 Å². The fourth-order valence-electron chi connectivity index (χ4n) is 2.15. The first kappa shape index (κ1) is 17.4. The molecule has 1 aromatic rings. The number of ether oxygens (including phenoxy) is 1. The van der Waals surface area contributed by atoms with Crippen LogP contribution >= 0.6 is 11.3 Å². The van der Waals surface area contributed by atoms with Gasteiger partial charge in [0.15, 0.2) is 0 Å². The first-order chi connectivity index (χ1) is 9.51. The van der Waals surface area contributed by atoms with E-state index in [1.54, 1.807) is 6.08 Å². The van der Waals surface area contributed by atoms with Crippen LogP contribution in [0, 0.1) is 12.8 Å². The normalized spacial score (nSPS) is 13.1. The molecule has 1 heterocycles. The van der Waals surface area contributed by atoms with Gasteiger partial charge < -0.3 is 9.84 Å². The highest BCUT2D eigenvalue weighted by Gasteiger charge is 2.14. The van der Waals surface area contributed by atoms with Crippen LogP contribution in [0.25, 0.3) is 0 Å². The Kier molecular flexibility index (Phi) is 8.07. The molecule has 1 atom stereocenters. The highest BCUT2D eigenvalue weighted by atomic mass is 32.1. The van der Waals surface area contributed by atoms with Crippen molar-refractivity contribution < 1.29 is 9.84 Å². The SMILES string of the molecule is C=CCOC[C@@H](O)CN(Cc1ccc(C)s1)CC(C)C. The van der Waals surface area contributed by atoms with Crippen LogP contribution < -0.4 is 0 Å². The lowest BCUT2D eigenvalue weighted by molar-refractivity contribution is 0.0225. The highest BCUT2D eigenvalue weighted by Crippen LogP contribution is 2.18. The Balaban J connectivity index is 2.48. The van der Waals surface area contributed by atoms with Crippen LogP contribution in [-0.2, 0) is 11.3 Å². The number of nitrogens with zero attached hydrogens (tertiary/aromatic N) is 1. The van der Waals surface area contributed by atoms with Gasteiger partial charge in [-0.05, 0) is 25.0 Å². The maximum atomic E-state index is 10.0. The average molecular weight is 297 g/mol. The molecule has 0 saturated carbocycles. The highest BCUT2D eigenvalue weighted by molar-refractivity contribution is 7.11. The Bertz CT molecular complexity index is 390. The first-order valence-electron chi connectivity index (χ1n) is 7.15. The predicted octanol–water partition coefficient (Wildman–Crippen LogP) is 3.08. The second kappa shape index (κ2) is 9.29. The average Bonchev–Trinajstić information content (AvgIpc) is 2.74. The van der Waals surface area contributed by atoms with Gasteiger partial charge >= 0.3 is 0 Å². The number of thiophene rings is 1. The molecule has 0 aliphatic heterocycles. The quantitative estimate of drug-likeness (QED) is 0.532. The van der Waals surface area contributed by atoms with Gasteiger partial charge in [-0.2, -0.15) is 0 Å². The van der Waals surface area contributed by atoms with Crippen LogP contribution in [-0.4, -0.2) is 42.4 Å². The number of aliphatic hydroxyl groups is 1. The molecule has 0 radical (unpaired) electrons. The van der Waals surface area contributed by atoms with Gasteiger partial charge in [0.2, 0.25) is 0 Å². The van der Waals surface area contributed by atoms with Crippen molar-refractivity contribution in [3.05, 3.63) is 34.5 Å². The van der Waals surface area contributed by atoms with E-state index in [-0.39, 0.29) is 0 Å². The minimum absolute atomic E-state index is 0.365. The van der Waals surface area contributed by atoms with Crippen molar-refractivity contribution in [1.29, 1.82) is 0 Å². The smallest absolute Gasteiger partial charge is 0.0900 e. The zero-order valence-electron chi connectivity index (χ0n) is 12.8. The lowest BCUT2D eigenvalue weighted by atomic mass is 10.2. The van der Waals surface area contributed by atoms with Gasteiger partial charge in [0.25, 0.3) is 0 Å². The number of hydrogen-bond acceptors (Lipinski definition) is 4. The summed E-state index contributed by atoms with van der Waals surface area (Å²) < 4.78 is 5.31. The summed E-state index contributed by atoms with van der Waals surface area (Å²) in [5.41, 5.74) is 0. The van der Waals surface area contributed by atoms with Crippen molar-refractivity contribution in [2.75, 3.05) is 26.3 Å². The fourth-order valence-corrected chi connectivity index (χ4v) is 3.08. The third kappa shape index (κ3) is 7.20. The number of hydrogen-bond donors (Lipinski definition) is 1. The number of rotatable bonds is 10. The summed E-state index contributed by atoms with van der Waals surface area (Å²) in [4.78, 5) is 4.99. The van der Waals surface area contributed by atoms with Crippen molar-refractivity contribution in [3.8, 4) is 0 Å². The van der Waals surface area contributed by atoms with Gasteiger partial charge in [-0.25, -0.2) is 0 Å². The van der Waals surface area contributed by atoms with Gasteiger partial charge in [-0.3, -0.25) is 4.90 Å². The van der Waals surface area contributed by atoms with Crippen LogP contribution in [0.2, 0.25) is 0 Å². The van der Waals surface area contributed by atoms with Crippen molar-refractivity contribution >= 4 is 11.3 Å². The Hall–Kier alpha value is -0.680. The molecule has 1 aromatic heterocycles. The van der Waals surface area contributed by atoms with Crippen LogP contribution in [0.15, 0.2) is 24.8 Å². The molecule has 0 bridgehead atoms. The van der Waals surface area contributed by atoms with Gasteiger partial charge in [0, 0.05) is 29.4 Å². The van der Waals surface area contributed by atoms with Crippen LogP contribution in [0.4, 0.5) is 0 Å². The first-order valence-corrected chi connectivity index (χ1v) is 7.97. The summed E-state index contributed by atoms with van der Waals surface area (Å²) >= 11 is 1.82. The molecule has 1 N–H and O–H groups in total. The zero-order valence-corrected chi connectivity index (χ0v) is 13.7. The van der Waals surface area contributed by atoms with E-state index >= 15 is 0 Å². The van der Waals surface area contributed by atoms with Crippen molar-refractivity contribution in [2.24, 2.45) is 5.92 Å². The van der Waals surface area contributed by atoms with Gasteiger partial charge in [0.1, 0.15) is 0 Å². The third-order valence-electron chi connectivity index (χ3n) is 2.81. The lowest BCUT2D eigenvalue weighted by Crippen LogP contribution is -2.36. The molecule has 4 heteroatoms. The van der Waals surface area contributed by atoms with E-state index in [4.69, 9.17) is 4.74 Å². The van der Waals surface area contributed by atoms with Crippen LogP contribution in [0.5, 0.6) is 0 Å². The molecule has 114 valence electrons. The predicted molar refractivity (Wildman–Crippen MR) is 86.2 cm³/mol. The molecular weight excluding hydrogens is 270 g/mol. The van der Waals surface area contributed by atoms with Gasteiger partial charge in [-0.1, -0.05) is 19.9 Å². The summed E-state index contributed by atoms with van der Waals surface area (Å²) in [6, 6.07) is 4.32. The zero-order chi connectivity index (χ0) is 15.0. The Morgan fingerprint density at radius 1 is 1.40 bits per heavy atom. The topological polar surface area (TPSA) is 32.7 Å².